The smallest absolute Gasteiger partial charge is 0.240 e. The number of sulfonamides is 1. The molecule has 3 aromatic rings. The van der Waals surface area contributed by atoms with Crippen LogP contribution in [0.15, 0.2) is 64.0 Å². The molecule has 1 aliphatic rings. The van der Waals surface area contributed by atoms with Crippen molar-refractivity contribution in [3.63, 3.8) is 0 Å². The van der Waals surface area contributed by atoms with Crippen LogP contribution in [0.4, 0.5) is 5.69 Å². The highest BCUT2D eigenvalue weighted by molar-refractivity contribution is 7.89. The maximum Gasteiger partial charge on any atom is 0.240 e. The van der Waals surface area contributed by atoms with Crippen LogP contribution in [-0.4, -0.2) is 26.0 Å². The molecule has 0 bridgehead atoms. The van der Waals surface area contributed by atoms with Gasteiger partial charge in [-0.05, 0) is 61.9 Å². The van der Waals surface area contributed by atoms with Crippen LogP contribution in [0.2, 0.25) is 0 Å². The monoisotopic (exact) mass is 465 g/mol. The fraction of sp³-hybridized carbons (Fsp3) is 0.280. The summed E-state index contributed by atoms with van der Waals surface area (Å²) in [5.74, 6) is 0.526. The summed E-state index contributed by atoms with van der Waals surface area (Å²) in [7, 11) is -3.57. The van der Waals surface area contributed by atoms with Crippen LogP contribution in [0.3, 0.4) is 0 Å². The maximum absolute atomic E-state index is 12.6. The second kappa shape index (κ2) is 10.1. The first-order valence-corrected chi connectivity index (χ1v) is 12.5. The number of carbonyl (C=O) groups excluding carboxylic acids is 1. The molecule has 2 aromatic carbocycles. The number of aromatic nitrogens is 1. The fourth-order valence-corrected chi connectivity index (χ4v) is 4.46. The maximum atomic E-state index is 12.6. The van der Waals surface area contributed by atoms with Crippen molar-refractivity contribution in [2.45, 2.75) is 37.5 Å². The highest BCUT2D eigenvalue weighted by Crippen LogP contribution is 2.32. The lowest BCUT2D eigenvalue weighted by atomic mass is 10.1. The molecule has 8 heteroatoms. The molecule has 0 radical (unpaired) electrons. The quantitative estimate of drug-likeness (QED) is 0.432. The predicted octanol–water partition coefficient (Wildman–Crippen LogP) is 4.41. The molecule has 1 saturated carbocycles. The summed E-state index contributed by atoms with van der Waals surface area (Å²) >= 11 is 0. The molecule has 2 N–H and O–H groups in total. The molecule has 0 aliphatic heterocycles. The second-order valence-electron chi connectivity index (χ2n) is 8.16. The van der Waals surface area contributed by atoms with Crippen molar-refractivity contribution >= 4 is 33.8 Å². The van der Waals surface area contributed by atoms with E-state index in [-0.39, 0.29) is 16.7 Å². The van der Waals surface area contributed by atoms with Crippen molar-refractivity contribution in [3.05, 3.63) is 77.2 Å². The van der Waals surface area contributed by atoms with E-state index in [1.54, 1.807) is 43.3 Å². The number of nitrogens with one attached hydrogen (secondary N) is 2. The van der Waals surface area contributed by atoms with Gasteiger partial charge in [0.15, 0.2) is 5.76 Å². The van der Waals surface area contributed by atoms with E-state index in [1.807, 2.05) is 30.3 Å². The van der Waals surface area contributed by atoms with E-state index in [0.717, 1.165) is 31.2 Å². The molecule has 172 valence electrons. The number of anilines is 1. The van der Waals surface area contributed by atoms with Gasteiger partial charge in [0.25, 0.3) is 0 Å². The number of rotatable bonds is 10. The van der Waals surface area contributed by atoms with Crippen LogP contribution >= 0.6 is 0 Å². The van der Waals surface area contributed by atoms with Gasteiger partial charge < -0.3 is 9.84 Å². The number of nitrogens with zero attached hydrogens (tertiary/aromatic N) is 1. The summed E-state index contributed by atoms with van der Waals surface area (Å²) in [5, 5.41) is 6.82. The third-order valence-corrected chi connectivity index (χ3v) is 6.96. The zero-order chi connectivity index (χ0) is 23.3. The lowest BCUT2D eigenvalue weighted by molar-refractivity contribution is -0.117. The van der Waals surface area contributed by atoms with Crippen LogP contribution in [0.5, 0.6) is 0 Å². The topological polar surface area (TPSA) is 101 Å². The van der Waals surface area contributed by atoms with E-state index in [9.17, 15) is 13.2 Å². The first-order valence-electron chi connectivity index (χ1n) is 11.0. The Hall–Kier alpha value is -3.23. The van der Waals surface area contributed by atoms with E-state index in [0.29, 0.717) is 23.7 Å². The van der Waals surface area contributed by atoms with Crippen LogP contribution in [-0.2, 0) is 21.2 Å². The number of hydrogen-bond donors (Lipinski definition) is 2. The van der Waals surface area contributed by atoms with Crippen LogP contribution in [0, 0.1) is 12.8 Å². The summed E-state index contributed by atoms with van der Waals surface area (Å²) < 4.78 is 33.1. The Morgan fingerprint density at radius 1 is 1.09 bits per heavy atom. The van der Waals surface area contributed by atoms with Gasteiger partial charge in [-0.3, -0.25) is 4.79 Å². The molecule has 4 rings (SSSR count). The summed E-state index contributed by atoms with van der Waals surface area (Å²) in [6.45, 7) is 2.15. The van der Waals surface area contributed by atoms with Crippen molar-refractivity contribution in [2.24, 2.45) is 5.92 Å². The molecule has 1 aromatic heterocycles. The first-order chi connectivity index (χ1) is 15.9. The molecule has 33 heavy (non-hydrogen) atoms. The van der Waals surface area contributed by atoms with Gasteiger partial charge in [-0.15, -0.1) is 0 Å². The standard InChI is InChI=1S/C25H27N3O4S/c1-18-24(27-25(29)21-12-13-21)23(32-28-18)16-11-20-9-14-22(15-10-20)33(30,31)26-17-5-8-19-6-3-2-4-7-19/h2-4,6-7,9-11,14-16,21,26H,5,8,12-13,17H2,1H3,(H,27,29). The van der Waals surface area contributed by atoms with E-state index in [2.05, 4.69) is 15.2 Å². The Morgan fingerprint density at radius 3 is 2.52 bits per heavy atom. The van der Waals surface area contributed by atoms with Crippen molar-refractivity contribution in [1.29, 1.82) is 0 Å². The highest BCUT2D eigenvalue weighted by atomic mass is 32.2. The van der Waals surface area contributed by atoms with Gasteiger partial charge in [0.2, 0.25) is 15.9 Å². The number of aryl methyl sites for hydroxylation is 2. The molecule has 1 fully saturated rings. The van der Waals surface area contributed by atoms with Crippen LogP contribution < -0.4 is 10.0 Å². The highest BCUT2D eigenvalue weighted by Gasteiger charge is 2.30. The largest absolute Gasteiger partial charge is 0.354 e. The average molecular weight is 466 g/mol. The second-order valence-corrected chi connectivity index (χ2v) is 9.93. The van der Waals surface area contributed by atoms with Crippen molar-refractivity contribution < 1.29 is 17.7 Å². The van der Waals surface area contributed by atoms with Gasteiger partial charge in [-0.1, -0.05) is 53.7 Å². The Balaban J connectivity index is 1.34. The average Bonchev–Trinajstić information content (AvgIpc) is 3.62. The molecule has 1 amide bonds. The molecule has 1 aliphatic carbocycles. The lowest BCUT2D eigenvalue weighted by Gasteiger charge is -2.07. The first kappa shape index (κ1) is 22.9. The van der Waals surface area contributed by atoms with E-state index < -0.39 is 10.0 Å². The number of hydrogen-bond acceptors (Lipinski definition) is 5. The molecule has 7 nitrogen and oxygen atoms in total. The van der Waals surface area contributed by atoms with E-state index >= 15 is 0 Å². The summed E-state index contributed by atoms with van der Waals surface area (Å²) in [4.78, 5) is 12.3. The van der Waals surface area contributed by atoms with Gasteiger partial charge in [0.05, 0.1) is 4.90 Å². The summed E-state index contributed by atoms with van der Waals surface area (Å²) in [6, 6.07) is 16.6. The zero-order valence-corrected chi connectivity index (χ0v) is 19.3. The Kier molecular flexibility index (Phi) is 7.05. The predicted molar refractivity (Wildman–Crippen MR) is 128 cm³/mol. The zero-order valence-electron chi connectivity index (χ0n) is 18.5. The van der Waals surface area contributed by atoms with Gasteiger partial charge in [0, 0.05) is 12.5 Å². The molecule has 1 heterocycles. The van der Waals surface area contributed by atoms with Crippen LogP contribution in [0.1, 0.15) is 41.8 Å². The van der Waals surface area contributed by atoms with E-state index in [4.69, 9.17) is 4.52 Å². The third-order valence-electron chi connectivity index (χ3n) is 5.48. The number of amides is 1. The number of benzene rings is 2. The fourth-order valence-electron chi connectivity index (χ4n) is 3.38. The molecule has 0 spiro atoms. The SMILES string of the molecule is Cc1noc(C=Cc2ccc(S(=O)(=O)NCCCc3ccccc3)cc2)c1NC(=O)C1CC1. The Labute approximate surface area is 193 Å². The summed E-state index contributed by atoms with van der Waals surface area (Å²) in [6.07, 6.45) is 6.87. The molecular weight excluding hydrogens is 438 g/mol. The van der Waals surface area contributed by atoms with Crippen LogP contribution in [0.25, 0.3) is 12.2 Å². The number of carbonyl (C=O) groups is 1. The van der Waals surface area contributed by atoms with Crippen molar-refractivity contribution in [2.75, 3.05) is 11.9 Å². The minimum atomic E-state index is -3.57. The van der Waals surface area contributed by atoms with E-state index in [1.165, 1.54) is 5.56 Å². The van der Waals surface area contributed by atoms with Crippen molar-refractivity contribution in [3.8, 4) is 0 Å². The van der Waals surface area contributed by atoms with Crippen molar-refractivity contribution in [1.82, 2.24) is 9.88 Å². The molecule has 0 saturated heterocycles. The molecular formula is C25H27N3O4S. The minimum Gasteiger partial charge on any atom is -0.354 e. The molecule has 0 atom stereocenters. The summed E-state index contributed by atoms with van der Waals surface area (Å²) in [5.41, 5.74) is 3.17. The Bertz CT molecular complexity index is 1230. The molecule has 0 unspecified atom stereocenters. The van der Waals surface area contributed by atoms with Gasteiger partial charge >= 0.3 is 0 Å². The minimum absolute atomic E-state index is 0.0122. The lowest BCUT2D eigenvalue weighted by Crippen LogP contribution is -2.25. The van der Waals surface area contributed by atoms with Gasteiger partial charge in [0.1, 0.15) is 11.4 Å². The van der Waals surface area contributed by atoms with Gasteiger partial charge in [-0.25, -0.2) is 13.1 Å². The normalized spacial score (nSPS) is 14.0. The van der Waals surface area contributed by atoms with Gasteiger partial charge in [-0.2, -0.15) is 0 Å². The third kappa shape index (κ3) is 6.18. The Morgan fingerprint density at radius 2 is 1.82 bits per heavy atom.